The van der Waals surface area contributed by atoms with E-state index < -0.39 is 10.0 Å². The number of hydrogen-bond donors (Lipinski definition) is 1. The molecule has 0 aliphatic rings. The van der Waals surface area contributed by atoms with Crippen molar-refractivity contribution < 1.29 is 22.7 Å². The van der Waals surface area contributed by atoms with Gasteiger partial charge in [0.25, 0.3) is 0 Å². The van der Waals surface area contributed by atoms with Crippen LogP contribution in [0.25, 0.3) is 0 Å². The predicted octanol–water partition coefficient (Wildman–Crippen LogP) is 0.436. The zero-order valence-electron chi connectivity index (χ0n) is 10.4. The second kappa shape index (κ2) is 5.83. The molecule has 0 aliphatic carbocycles. The monoisotopic (exact) mass is 273 g/mol. The normalized spacial score (nSPS) is 11.1. The summed E-state index contributed by atoms with van der Waals surface area (Å²) >= 11 is 0. The maximum Gasteiger partial charge on any atom is 0.209 e. The lowest BCUT2D eigenvalue weighted by Gasteiger charge is -2.09. The van der Waals surface area contributed by atoms with Crippen LogP contribution in [0.3, 0.4) is 0 Å². The summed E-state index contributed by atoms with van der Waals surface area (Å²) < 4.78 is 34.0. The Balaban J connectivity index is 2.87. The van der Waals surface area contributed by atoms with E-state index in [0.29, 0.717) is 17.1 Å². The number of benzene rings is 1. The average Bonchev–Trinajstić information content (AvgIpc) is 2.34. The standard InChI is InChI=1S/C11H15NO5S/c1-16-10-5-4-8(6-11(10)17-2)9(13)7-12-18(3,14)15/h4-6,12H,7H2,1-3H3. The van der Waals surface area contributed by atoms with Crippen molar-refractivity contribution in [2.24, 2.45) is 0 Å². The van der Waals surface area contributed by atoms with Crippen molar-refractivity contribution in [3.8, 4) is 11.5 Å². The van der Waals surface area contributed by atoms with Gasteiger partial charge >= 0.3 is 0 Å². The van der Waals surface area contributed by atoms with Gasteiger partial charge in [-0.05, 0) is 18.2 Å². The van der Waals surface area contributed by atoms with Gasteiger partial charge in [0.1, 0.15) is 0 Å². The van der Waals surface area contributed by atoms with E-state index in [1.165, 1.54) is 20.3 Å². The number of hydrogen-bond acceptors (Lipinski definition) is 5. The van der Waals surface area contributed by atoms with Crippen LogP contribution in [0.5, 0.6) is 11.5 Å². The number of ketones is 1. The van der Waals surface area contributed by atoms with Gasteiger partial charge < -0.3 is 9.47 Å². The number of sulfonamides is 1. The quantitative estimate of drug-likeness (QED) is 0.760. The summed E-state index contributed by atoms with van der Waals surface area (Å²) in [5.41, 5.74) is 0.351. The predicted molar refractivity (Wildman–Crippen MR) is 66.7 cm³/mol. The Labute approximate surface area is 106 Å². The fraction of sp³-hybridized carbons (Fsp3) is 0.364. The van der Waals surface area contributed by atoms with Crippen LogP contribution in [0.15, 0.2) is 18.2 Å². The number of Topliss-reactive ketones (excluding diaryl/α,β-unsaturated/α-hetero) is 1. The fourth-order valence-electron chi connectivity index (χ4n) is 1.31. The van der Waals surface area contributed by atoms with E-state index in [0.717, 1.165) is 6.26 Å². The third kappa shape index (κ3) is 4.01. The minimum absolute atomic E-state index is 0.283. The van der Waals surface area contributed by atoms with Crippen LogP contribution in [0, 0.1) is 0 Å². The highest BCUT2D eigenvalue weighted by atomic mass is 32.2. The van der Waals surface area contributed by atoms with Gasteiger partial charge in [0.2, 0.25) is 10.0 Å². The van der Waals surface area contributed by atoms with Gasteiger partial charge in [-0.1, -0.05) is 0 Å². The molecule has 1 aromatic rings. The first-order chi connectivity index (χ1) is 8.37. The van der Waals surface area contributed by atoms with Crippen molar-refractivity contribution in [1.82, 2.24) is 4.72 Å². The molecular weight excluding hydrogens is 258 g/mol. The van der Waals surface area contributed by atoms with Crippen molar-refractivity contribution in [3.05, 3.63) is 23.8 Å². The molecule has 0 heterocycles. The maximum absolute atomic E-state index is 11.7. The van der Waals surface area contributed by atoms with E-state index in [1.54, 1.807) is 12.1 Å². The maximum atomic E-state index is 11.7. The van der Waals surface area contributed by atoms with Crippen LogP contribution in [-0.4, -0.2) is 41.2 Å². The Morgan fingerprint density at radius 3 is 2.33 bits per heavy atom. The number of carbonyl (C=O) groups excluding carboxylic acids is 1. The highest BCUT2D eigenvalue weighted by Gasteiger charge is 2.12. The Morgan fingerprint density at radius 2 is 1.83 bits per heavy atom. The van der Waals surface area contributed by atoms with Crippen LogP contribution in [0.2, 0.25) is 0 Å². The average molecular weight is 273 g/mol. The van der Waals surface area contributed by atoms with Crippen LogP contribution in [-0.2, 0) is 10.0 Å². The molecule has 18 heavy (non-hydrogen) atoms. The molecule has 0 unspecified atom stereocenters. The fourth-order valence-corrected chi connectivity index (χ4v) is 1.70. The lowest BCUT2D eigenvalue weighted by Crippen LogP contribution is -2.28. The van der Waals surface area contributed by atoms with Gasteiger partial charge in [-0.3, -0.25) is 4.79 Å². The number of nitrogens with one attached hydrogen (secondary N) is 1. The van der Waals surface area contributed by atoms with E-state index in [4.69, 9.17) is 9.47 Å². The Hall–Kier alpha value is -1.60. The zero-order chi connectivity index (χ0) is 13.8. The van der Waals surface area contributed by atoms with Gasteiger partial charge in [0.05, 0.1) is 27.0 Å². The number of carbonyl (C=O) groups is 1. The SMILES string of the molecule is COc1ccc(C(=O)CNS(C)(=O)=O)cc1OC. The molecule has 1 N–H and O–H groups in total. The highest BCUT2D eigenvalue weighted by molar-refractivity contribution is 7.88. The minimum atomic E-state index is -3.38. The van der Waals surface area contributed by atoms with Crippen LogP contribution in [0.4, 0.5) is 0 Å². The molecule has 0 saturated heterocycles. The van der Waals surface area contributed by atoms with Crippen LogP contribution < -0.4 is 14.2 Å². The van der Waals surface area contributed by atoms with Crippen molar-refractivity contribution in [1.29, 1.82) is 0 Å². The summed E-state index contributed by atoms with van der Waals surface area (Å²) in [4.78, 5) is 11.7. The lowest BCUT2D eigenvalue weighted by molar-refractivity contribution is 0.0996. The van der Waals surface area contributed by atoms with Crippen molar-refractivity contribution in [2.75, 3.05) is 27.0 Å². The highest BCUT2D eigenvalue weighted by Crippen LogP contribution is 2.27. The first kappa shape index (κ1) is 14.5. The molecule has 0 bridgehead atoms. The Morgan fingerprint density at radius 1 is 1.22 bits per heavy atom. The van der Waals surface area contributed by atoms with E-state index in [2.05, 4.69) is 4.72 Å². The molecule has 100 valence electrons. The van der Waals surface area contributed by atoms with Gasteiger partial charge in [-0.25, -0.2) is 13.1 Å². The summed E-state index contributed by atoms with van der Waals surface area (Å²) in [5.74, 6) is 0.578. The van der Waals surface area contributed by atoms with Gasteiger partial charge in [0.15, 0.2) is 17.3 Å². The molecule has 0 aromatic heterocycles. The first-order valence-corrected chi connectivity index (χ1v) is 6.96. The Bertz CT molecular complexity index is 538. The second-order valence-corrected chi connectivity index (χ2v) is 5.42. The number of ether oxygens (including phenoxy) is 2. The van der Waals surface area contributed by atoms with E-state index in [1.807, 2.05) is 0 Å². The third-order valence-corrected chi connectivity index (χ3v) is 2.87. The first-order valence-electron chi connectivity index (χ1n) is 5.07. The van der Waals surface area contributed by atoms with Crippen molar-refractivity contribution in [3.63, 3.8) is 0 Å². The van der Waals surface area contributed by atoms with Crippen molar-refractivity contribution in [2.45, 2.75) is 0 Å². The van der Waals surface area contributed by atoms with E-state index >= 15 is 0 Å². The molecule has 7 heteroatoms. The molecule has 0 aliphatic heterocycles. The van der Waals surface area contributed by atoms with Gasteiger partial charge in [-0.15, -0.1) is 0 Å². The molecule has 1 rings (SSSR count). The third-order valence-electron chi connectivity index (χ3n) is 2.20. The van der Waals surface area contributed by atoms with Crippen LogP contribution >= 0.6 is 0 Å². The molecular formula is C11H15NO5S. The molecule has 0 spiro atoms. The molecule has 0 atom stereocenters. The summed E-state index contributed by atoms with van der Waals surface area (Å²) in [6, 6.07) is 4.64. The summed E-state index contributed by atoms with van der Waals surface area (Å²) in [7, 11) is -0.433. The topological polar surface area (TPSA) is 81.7 Å². The molecule has 0 fully saturated rings. The Kier molecular flexibility index (Phi) is 4.69. The van der Waals surface area contributed by atoms with E-state index in [9.17, 15) is 13.2 Å². The van der Waals surface area contributed by atoms with Crippen LogP contribution in [0.1, 0.15) is 10.4 Å². The van der Waals surface area contributed by atoms with Gasteiger partial charge in [-0.2, -0.15) is 0 Å². The summed E-state index contributed by atoms with van der Waals surface area (Å²) in [6.45, 7) is -0.283. The molecule has 1 aromatic carbocycles. The molecule has 0 saturated carbocycles. The molecule has 6 nitrogen and oxygen atoms in total. The van der Waals surface area contributed by atoms with Gasteiger partial charge in [0, 0.05) is 5.56 Å². The van der Waals surface area contributed by atoms with E-state index in [-0.39, 0.29) is 12.3 Å². The number of rotatable bonds is 6. The summed E-state index contributed by atoms with van der Waals surface area (Å²) in [6.07, 6.45) is 0.995. The molecule has 0 radical (unpaired) electrons. The lowest BCUT2D eigenvalue weighted by atomic mass is 10.1. The van der Waals surface area contributed by atoms with Crippen molar-refractivity contribution >= 4 is 15.8 Å². The summed E-state index contributed by atoms with van der Waals surface area (Å²) in [5, 5.41) is 0. The zero-order valence-corrected chi connectivity index (χ0v) is 11.2. The largest absolute Gasteiger partial charge is 0.493 e. The second-order valence-electron chi connectivity index (χ2n) is 3.59. The number of methoxy groups -OCH3 is 2. The molecule has 0 amide bonds. The minimum Gasteiger partial charge on any atom is -0.493 e. The smallest absolute Gasteiger partial charge is 0.209 e.